The van der Waals surface area contributed by atoms with Gasteiger partial charge in [0.15, 0.2) is 0 Å². The molecule has 3 nitrogen and oxygen atoms in total. The Balaban J connectivity index is 2.39. The molecule has 0 aliphatic heterocycles. The lowest BCUT2D eigenvalue weighted by Gasteiger charge is -2.23. The minimum Gasteiger partial charge on any atom is -0.496 e. The van der Waals surface area contributed by atoms with E-state index >= 15 is 0 Å². The standard InChI is InChI=1S/C14H16ClNO2S/c1-18-12-5-4-9(15)7-10(12)11(8-16)14(17)13-3-2-6-19-13/h2-7,11,14,17H,8,16H2,1H3. The van der Waals surface area contributed by atoms with Gasteiger partial charge in [-0.1, -0.05) is 17.7 Å². The predicted octanol–water partition coefficient (Wildman–Crippen LogP) is 3.19. The lowest BCUT2D eigenvalue weighted by atomic mass is 9.91. The van der Waals surface area contributed by atoms with Crippen LogP contribution in [0.3, 0.4) is 0 Å². The molecule has 1 aromatic carbocycles. The zero-order valence-corrected chi connectivity index (χ0v) is 12.1. The van der Waals surface area contributed by atoms with E-state index in [0.29, 0.717) is 17.3 Å². The summed E-state index contributed by atoms with van der Waals surface area (Å²) in [5.74, 6) is 0.447. The van der Waals surface area contributed by atoms with Crippen molar-refractivity contribution in [1.82, 2.24) is 0 Å². The van der Waals surface area contributed by atoms with Gasteiger partial charge >= 0.3 is 0 Å². The summed E-state index contributed by atoms with van der Waals surface area (Å²) in [5, 5.41) is 13.0. The normalized spacial score (nSPS) is 14.1. The molecular formula is C14H16ClNO2S. The third kappa shape index (κ3) is 3.09. The van der Waals surface area contributed by atoms with Crippen LogP contribution >= 0.6 is 22.9 Å². The van der Waals surface area contributed by atoms with Crippen molar-refractivity contribution < 1.29 is 9.84 Å². The van der Waals surface area contributed by atoms with Crippen LogP contribution < -0.4 is 10.5 Å². The Bertz CT molecular complexity index is 530. The number of hydrogen-bond donors (Lipinski definition) is 2. The molecule has 1 heterocycles. The smallest absolute Gasteiger partial charge is 0.122 e. The minimum absolute atomic E-state index is 0.243. The number of benzene rings is 1. The summed E-state index contributed by atoms with van der Waals surface area (Å²) in [6.45, 7) is 0.315. The Morgan fingerprint density at radius 2 is 2.21 bits per heavy atom. The highest BCUT2D eigenvalue weighted by Crippen LogP contribution is 2.38. The van der Waals surface area contributed by atoms with Gasteiger partial charge in [0.2, 0.25) is 0 Å². The number of hydrogen-bond acceptors (Lipinski definition) is 4. The van der Waals surface area contributed by atoms with E-state index in [-0.39, 0.29) is 5.92 Å². The largest absolute Gasteiger partial charge is 0.496 e. The van der Waals surface area contributed by atoms with Gasteiger partial charge < -0.3 is 15.6 Å². The van der Waals surface area contributed by atoms with Crippen LogP contribution in [0.2, 0.25) is 5.02 Å². The van der Waals surface area contributed by atoms with E-state index in [0.717, 1.165) is 10.4 Å². The number of nitrogens with two attached hydrogens (primary N) is 1. The van der Waals surface area contributed by atoms with Crippen molar-refractivity contribution in [2.75, 3.05) is 13.7 Å². The highest BCUT2D eigenvalue weighted by molar-refractivity contribution is 7.10. The first-order chi connectivity index (χ1) is 9.17. The number of ether oxygens (including phenoxy) is 1. The second-order valence-electron chi connectivity index (χ2n) is 4.19. The van der Waals surface area contributed by atoms with Gasteiger partial charge in [0, 0.05) is 27.9 Å². The van der Waals surface area contributed by atoms with E-state index in [1.54, 1.807) is 25.3 Å². The summed E-state index contributed by atoms with van der Waals surface area (Å²) in [4.78, 5) is 0.887. The van der Waals surface area contributed by atoms with Crippen LogP contribution in [0.1, 0.15) is 22.5 Å². The molecule has 0 fully saturated rings. The van der Waals surface area contributed by atoms with Crippen molar-refractivity contribution in [3.63, 3.8) is 0 Å². The van der Waals surface area contributed by atoms with Crippen LogP contribution in [0.5, 0.6) is 5.75 Å². The van der Waals surface area contributed by atoms with Crippen LogP contribution in [0.25, 0.3) is 0 Å². The van der Waals surface area contributed by atoms with Gasteiger partial charge in [-0.05, 0) is 29.6 Å². The molecule has 1 aromatic heterocycles. The molecule has 0 amide bonds. The van der Waals surface area contributed by atoms with Crippen LogP contribution in [0.4, 0.5) is 0 Å². The summed E-state index contributed by atoms with van der Waals surface area (Å²) in [7, 11) is 1.60. The van der Waals surface area contributed by atoms with E-state index in [1.165, 1.54) is 11.3 Å². The number of aliphatic hydroxyl groups excluding tert-OH is 1. The molecule has 2 aromatic rings. The molecular weight excluding hydrogens is 282 g/mol. The van der Waals surface area contributed by atoms with E-state index in [9.17, 15) is 5.11 Å². The lowest BCUT2D eigenvalue weighted by molar-refractivity contribution is 0.149. The average Bonchev–Trinajstić information content (AvgIpc) is 2.93. The van der Waals surface area contributed by atoms with Gasteiger partial charge in [0.1, 0.15) is 5.75 Å². The fourth-order valence-electron chi connectivity index (χ4n) is 2.08. The fourth-order valence-corrected chi connectivity index (χ4v) is 3.03. The predicted molar refractivity (Wildman–Crippen MR) is 79.1 cm³/mol. The van der Waals surface area contributed by atoms with Crippen molar-refractivity contribution in [1.29, 1.82) is 0 Å². The quantitative estimate of drug-likeness (QED) is 0.891. The Morgan fingerprint density at radius 3 is 2.79 bits per heavy atom. The molecule has 0 bridgehead atoms. The second-order valence-corrected chi connectivity index (χ2v) is 5.60. The molecule has 102 valence electrons. The monoisotopic (exact) mass is 297 g/mol. The number of rotatable bonds is 5. The average molecular weight is 298 g/mol. The van der Waals surface area contributed by atoms with Gasteiger partial charge in [-0.25, -0.2) is 0 Å². The maximum atomic E-state index is 10.5. The van der Waals surface area contributed by atoms with Crippen molar-refractivity contribution in [2.45, 2.75) is 12.0 Å². The molecule has 5 heteroatoms. The Kier molecular flexibility index (Phi) is 4.82. The molecule has 0 saturated carbocycles. The highest BCUT2D eigenvalue weighted by atomic mass is 35.5. The van der Waals surface area contributed by atoms with Gasteiger partial charge in [-0.3, -0.25) is 0 Å². The molecule has 0 spiro atoms. The van der Waals surface area contributed by atoms with Gasteiger partial charge in [-0.2, -0.15) is 0 Å². The first-order valence-corrected chi connectivity index (χ1v) is 7.18. The fraction of sp³-hybridized carbons (Fsp3) is 0.286. The van der Waals surface area contributed by atoms with Crippen LogP contribution in [-0.2, 0) is 0 Å². The molecule has 0 aliphatic carbocycles. The van der Waals surface area contributed by atoms with Crippen LogP contribution in [0, 0.1) is 0 Å². The number of methoxy groups -OCH3 is 1. The summed E-state index contributed by atoms with van der Waals surface area (Å²) in [5.41, 5.74) is 6.66. The molecule has 2 unspecified atom stereocenters. The first-order valence-electron chi connectivity index (χ1n) is 5.92. The van der Waals surface area contributed by atoms with Crippen LogP contribution in [-0.4, -0.2) is 18.8 Å². The van der Waals surface area contributed by atoms with E-state index in [4.69, 9.17) is 22.1 Å². The number of aliphatic hydroxyl groups is 1. The van der Waals surface area contributed by atoms with Gasteiger partial charge in [-0.15, -0.1) is 11.3 Å². The summed E-state index contributed by atoms with van der Waals surface area (Å²) in [6.07, 6.45) is -0.655. The Hall–Kier alpha value is -1.07. The minimum atomic E-state index is -0.655. The Labute approximate surface area is 121 Å². The third-order valence-corrected chi connectivity index (χ3v) is 4.24. The van der Waals surface area contributed by atoms with E-state index in [2.05, 4.69) is 0 Å². The third-order valence-electron chi connectivity index (χ3n) is 3.06. The molecule has 2 rings (SSSR count). The Morgan fingerprint density at radius 1 is 1.42 bits per heavy atom. The zero-order chi connectivity index (χ0) is 13.8. The summed E-state index contributed by atoms with van der Waals surface area (Å²) >= 11 is 7.54. The van der Waals surface area contributed by atoms with E-state index in [1.807, 2.05) is 17.5 Å². The zero-order valence-electron chi connectivity index (χ0n) is 10.5. The van der Waals surface area contributed by atoms with Gasteiger partial charge in [0.05, 0.1) is 13.2 Å². The summed E-state index contributed by atoms with van der Waals surface area (Å²) in [6, 6.07) is 9.16. The first kappa shape index (κ1) is 14.3. The molecule has 19 heavy (non-hydrogen) atoms. The molecule has 0 aliphatic rings. The number of thiophene rings is 1. The molecule has 0 saturated heterocycles. The maximum Gasteiger partial charge on any atom is 0.122 e. The van der Waals surface area contributed by atoms with Crippen molar-refractivity contribution in [3.05, 3.63) is 51.2 Å². The van der Waals surface area contributed by atoms with Crippen molar-refractivity contribution in [3.8, 4) is 5.75 Å². The van der Waals surface area contributed by atoms with Gasteiger partial charge in [0.25, 0.3) is 0 Å². The molecule has 0 radical (unpaired) electrons. The molecule has 3 N–H and O–H groups in total. The lowest BCUT2D eigenvalue weighted by Crippen LogP contribution is -2.20. The number of halogens is 1. The second kappa shape index (κ2) is 6.39. The topological polar surface area (TPSA) is 55.5 Å². The highest BCUT2D eigenvalue weighted by Gasteiger charge is 2.25. The SMILES string of the molecule is COc1ccc(Cl)cc1C(CN)C(O)c1cccs1. The van der Waals surface area contributed by atoms with Crippen molar-refractivity contribution >= 4 is 22.9 Å². The van der Waals surface area contributed by atoms with E-state index < -0.39 is 6.10 Å². The summed E-state index contributed by atoms with van der Waals surface area (Å²) < 4.78 is 5.33. The van der Waals surface area contributed by atoms with Crippen molar-refractivity contribution in [2.24, 2.45) is 5.73 Å². The maximum absolute atomic E-state index is 10.5. The molecule has 2 atom stereocenters. The van der Waals surface area contributed by atoms with Crippen LogP contribution in [0.15, 0.2) is 35.7 Å².